The summed E-state index contributed by atoms with van der Waals surface area (Å²) in [5, 5.41) is 11.2. The normalized spacial score (nSPS) is 12.8. The van der Waals surface area contributed by atoms with Crippen molar-refractivity contribution in [1.82, 2.24) is 0 Å². The van der Waals surface area contributed by atoms with E-state index >= 15 is 0 Å². The van der Waals surface area contributed by atoms with Crippen molar-refractivity contribution in [1.29, 1.82) is 0 Å². The van der Waals surface area contributed by atoms with E-state index in [1.54, 1.807) is 54.6 Å². The third-order valence-electron chi connectivity index (χ3n) is 4.99. The summed E-state index contributed by atoms with van der Waals surface area (Å²) in [4.78, 5) is 12.5. The molecule has 11 heteroatoms. The number of rotatable bonds is 6. The number of primary sulfonamides is 1. The Morgan fingerprint density at radius 2 is 1.62 bits per heavy atom. The molecular formula is C23H21BrFN5O3S. The molecule has 1 amide bonds. The number of amides is 1. The third-order valence-corrected chi connectivity index (χ3v) is 6.62. The molecule has 0 heterocycles. The van der Waals surface area contributed by atoms with Crippen molar-refractivity contribution in [2.24, 2.45) is 21.8 Å². The number of hydrogen-bond donors (Lipinski definition) is 4. The number of nitrogens with zero attached hydrogens (tertiary/aromatic N) is 1. The molecule has 0 radical (unpaired) electrons. The number of carbonyl (C=O) groups is 1. The van der Waals surface area contributed by atoms with E-state index in [0.29, 0.717) is 32.4 Å². The van der Waals surface area contributed by atoms with Gasteiger partial charge in [-0.1, -0.05) is 64.5 Å². The summed E-state index contributed by atoms with van der Waals surface area (Å²) in [6.07, 6.45) is 0. The van der Waals surface area contributed by atoms with Gasteiger partial charge < -0.3 is 16.9 Å². The number of carbonyl (C=O) groups excluding carboxylic acids is 1. The number of hydrogen-bond acceptors (Lipinski definition) is 5. The van der Waals surface area contributed by atoms with Crippen LogP contribution >= 0.6 is 15.9 Å². The molecule has 0 aliphatic heterocycles. The zero-order valence-corrected chi connectivity index (χ0v) is 20.3. The number of hydrazone groups is 1. The van der Waals surface area contributed by atoms with E-state index in [1.807, 2.05) is 0 Å². The van der Waals surface area contributed by atoms with Gasteiger partial charge in [0, 0.05) is 21.3 Å². The first-order valence-electron chi connectivity index (χ1n) is 9.76. The maximum Gasteiger partial charge on any atom is 0.284 e. The summed E-state index contributed by atoms with van der Waals surface area (Å²) in [5.41, 5.74) is 8.05. The van der Waals surface area contributed by atoms with Gasteiger partial charge in [0.05, 0.1) is 4.90 Å². The van der Waals surface area contributed by atoms with Gasteiger partial charge >= 0.3 is 0 Å². The van der Waals surface area contributed by atoms with Crippen molar-refractivity contribution in [2.75, 3.05) is 5.32 Å². The number of halogens is 2. The predicted octanol–water partition coefficient (Wildman–Crippen LogP) is 3.68. The van der Waals surface area contributed by atoms with Crippen molar-refractivity contribution >= 4 is 49.0 Å². The molecule has 0 fully saturated rings. The van der Waals surface area contributed by atoms with Gasteiger partial charge in [-0.05, 0) is 41.8 Å². The van der Waals surface area contributed by atoms with E-state index < -0.39 is 21.8 Å². The monoisotopic (exact) mass is 545 g/mol. The van der Waals surface area contributed by atoms with Crippen LogP contribution in [0.1, 0.15) is 18.1 Å². The van der Waals surface area contributed by atoms with Crippen LogP contribution in [0, 0.1) is 0 Å². The summed E-state index contributed by atoms with van der Waals surface area (Å²) in [5.74, 6) is 3.38. The average molecular weight is 546 g/mol. The highest BCUT2D eigenvalue weighted by Crippen LogP contribution is 2.34. The summed E-state index contributed by atoms with van der Waals surface area (Å²) >= 11 is 3.38. The van der Waals surface area contributed by atoms with E-state index in [4.69, 9.17) is 16.7 Å². The molecule has 0 bridgehead atoms. The Morgan fingerprint density at radius 3 is 2.21 bits per heavy atom. The minimum absolute atomic E-state index is 0.0393. The lowest BCUT2D eigenvalue weighted by Gasteiger charge is -2.12. The zero-order chi connectivity index (χ0) is 25.0. The van der Waals surface area contributed by atoms with Crippen molar-refractivity contribution in [3.05, 3.63) is 88.2 Å². The second-order valence-corrected chi connectivity index (χ2v) is 9.60. The summed E-state index contributed by atoms with van der Waals surface area (Å²) in [7, 11) is -3.95. The van der Waals surface area contributed by atoms with Crippen LogP contribution in [0.2, 0.25) is 0 Å². The van der Waals surface area contributed by atoms with Gasteiger partial charge in [0.15, 0.2) is 5.83 Å². The lowest BCUT2D eigenvalue weighted by atomic mass is 10.0. The van der Waals surface area contributed by atoms with E-state index in [1.165, 1.54) is 19.1 Å². The first-order chi connectivity index (χ1) is 16.0. The predicted molar refractivity (Wildman–Crippen MR) is 135 cm³/mol. The summed E-state index contributed by atoms with van der Waals surface area (Å²) < 4.78 is 39.1. The first-order valence-corrected chi connectivity index (χ1v) is 12.1. The molecule has 176 valence electrons. The van der Waals surface area contributed by atoms with E-state index in [9.17, 15) is 17.6 Å². The molecule has 0 spiro atoms. The second kappa shape index (κ2) is 10.2. The molecule has 3 rings (SSSR count). The second-order valence-electron chi connectivity index (χ2n) is 7.22. The molecule has 3 aromatic rings. The number of allylic oxidation sites excluding steroid dienone is 1. The van der Waals surface area contributed by atoms with Crippen molar-refractivity contribution in [3.8, 4) is 11.1 Å². The Hall–Kier alpha value is -3.54. The lowest BCUT2D eigenvalue weighted by Crippen LogP contribution is -2.15. The Labute approximate surface area is 204 Å². The van der Waals surface area contributed by atoms with Crippen LogP contribution in [0.3, 0.4) is 0 Å². The van der Waals surface area contributed by atoms with E-state index in [-0.39, 0.29) is 16.3 Å². The summed E-state index contributed by atoms with van der Waals surface area (Å²) in [6, 6.07) is 17.4. The van der Waals surface area contributed by atoms with Gasteiger partial charge in [0.1, 0.15) is 5.84 Å². The lowest BCUT2D eigenvalue weighted by molar-refractivity contribution is -0.114. The van der Waals surface area contributed by atoms with Crippen LogP contribution in [-0.2, 0) is 14.8 Å². The van der Waals surface area contributed by atoms with Gasteiger partial charge in [-0.2, -0.15) is 5.10 Å². The highest BCUT2D eigenvalue weighted by atomic mass is 79.9. The fraction of sp³-hybridized carbons (Fsp3) is 0.0435. The fourth-order valence-corrected chi connectivity index (χ4v) is 4.54. The Bertz CT molecular complexity index is 1420. The van der Waals surface area contributed by atoms with Crippen molar-refractivity contribution in [3.63, 3.8) is 0 Å². The van der Waals surface area contributed by atoms with Crippen LogP contribution in [0.4, 0.5) is 10.1 Å². The Balaban J connectivity index is 1.85. The zero-order valence-electron chi connectivity index (χ0n) is 17.9. The van der Waals surface area contributed by atoms with E-state index in [0.717, 1.165) is 0 Å². The molecule has 0 aromatic heterocycles. The Kier molecular flexibility index (Phi) is 7.50. The molecule has 3 aromatic carbocycles. The molecular weight excluding hydrogens is 525 g/mol. The van der Waals surface area contributed by atoms with Crippen LogP contribution in [0.25, 0.3) is 16.7 Å². The number of sulfonamides is 1. The number of anilines is 1. The van der Waals surface area contributed by atoms with Gasteiger partial charge in [-0.15, -0.1) is 0 Å². The molecule has 0 saturated carbocycles. The van der Waals surface area contributed by atoms with Crippen LogP contribution in [-0.4, -0.2) is 20.2 Å². The van der Waals surface area contributed by atoms with Crippen LogP contribution < -0.4 is 22.0 Å². The minimum Gasteiger partial charge on any atom is -0.382 e. The number of benzene rings is 3. The molecule has 0 unspecified atom stereocenters. The average Bonchev–Trinajstić information content (AvgIpc) is 2.82. The van der Waals surface area contributed by atoms with Crippen LogP contribution in [0.15, 0.2) is 87.0 Å². The van der Waals surface area contributed by atoms with Gasteiger partial charge in [-0.3, -0.25) is 4.79 Å². The molecule has 0 aliphatic carbocycles. The van der Waals surface area contributed by atoms with Crippen molar-refractivity contribution in [2.45, 2.75) is 11.8 Å². The Morgan fingerprint density at radius 1 is 1.00 bits per heavy atom. The van der Waals surface area contributed by atoms with Gasteiger partial charge in [0.25, 0.3) is 5.91 Å². The first kappa shape index (κ1) is 25.1. The molecule has 0 saturated heterocycles. The van der Waals surface area contributed by atoms with E-state index in [2.05, 4.69) is 26.3 Å². The molecule has 8 nitrogen and oxygen atoms in total. The smallest absolute Gasteiger partial charge is 0.284 e. The molecule has 0 atom stereocenters. The molecule has 0 aliphatic rings. The topological polar surface area (TPSA) is 154 Å². The summed E-state index contributed by atoms with van der Waals surface area (Å²) in [6.45, 7) is 1.48. The number of amidine groups is 1. The number of nitrogens with two attached hydrogens (primary N) is 3. The minimum atomic E-state index is -3.95. The molecule has 7 N–H and O–H groups in total. The maximum absolute atomic E-state index is 14.8. The largest absolute Gasteiger partial charge is 0.382 e. The van der Waals surface area contributed by atoms with Crippen molar-refractivity contribution < 1.29 is 17.6 Å². The SMILES string of the molecule is C/C(=C(\F)C(=O)Nc1ccc(-c2ccccc2S(N)(=O)=O)c(Br)c1)c1ccc(/C(N)=N/N)cc1. The fourth-order valence-electron chi connectivity index (χ4n) is 3.20. The van der Waals surface area contributed by atoms with Gasteiger partial charge in [0.2, 0.25) is 10.0 Å². The third kappa shape index (κ3) is 5.50. The standard InChI is InChI=1S/C23H21BrFN5O3S/c1-13(14-6-8-15(9-7-14)22(26)30-27)21(25)23(31)29-16-10-11-17(19(24)12-16)18-4-2-3-5-20(18)34(28,32)33/h2-12H,27H2,1H3,(H2,26,30)(H,29,31)(H2,28,32,33)/b21-13+. The highest BCUT2D eigenvalue weighted by Gasteiger charge is 2.18. The maximum atomic E-state index is 14.8. The number of nitrogens with one attached hydrogen (secondary N) is 1. The highest BCUT2D eigenvalue weighted by molar-refractivity contribution is 9.10. The molecule has 34 heavy (non-hydrogen) atoms. The van der Waals surface area contributed by atoms with Crippen LogP contribution in [0.5, 0.6) is 0 Å². The van der Waals surface area contributed by atoms with Gasteiger partial charge in [-0.25, -0.2) is 17.9 Å². The quantitative estimate of drug-likeness (QED) is 0.122.